The van der Waals surface area contributed by atoms with Gasteiger partial charge in [0.15, 0.2) is 0 Å². The Morgan fingerprint density at radius 1 is 0.627 bits per heavy atom. The van der Waals surface area contributed by atoms with Crippen LogP contribution in [-0.4, -0.2) is 30.4 Å². The molecular formula is C53H48N6. The molecule has 1 aromatic heterocycles. The van der Waals surface area contributed by atoms with E-state index in [2.05, 4.69) is 219 Å². The Balaban J connectivity index is 1.03. The van der Waals surface area contributed by atoms with Gasteiger partial charge in [0.05, 0.1) is 29.0 Å². The maximum absolute atomic E-state index is 3.99. The highest BCUT2D eigenvalue weighted by Crippen LogP contribution is 2.36. The number of aromatic nitrogens is 1. The second-order valence-electron chi connectivity index (χ2n) is 15.6. The second kappa shape index (κ2) is 16.1. The first-order valence-corrected chi connectivity index (χ1v) is 20.7. The van der Waals surface area contributed by atoms with E-state index < -0.39 is 0 Å². The number of fused-ring (bicyclic) bond motifs is 3. The maximum atomic E-state index is 3.99. The van der Waals surface area contributed by atoms with Crippen LogP contribution < -0.4 is 26.6 Å². The van der Waals surface area contributed by atoms with Gasteiger partial charge in [-0.25, -0.2) is 0 Å². The lowest BCUT2D eigenvalue weighted by Crippen LogP contribution is -2.58. The summed E-state index contributed by atoms with van der Waals surface area (Å²) in [7, 11) is 2.01. The van der Waals surface area contributed by atoms with Crippen molar-refractivity contribution in [3.05, 3.63) is 221 Å². The number of dihydropyridines is 1. The third-order valence-corrected chi connectivity index (χ3v) is 11.8. The number of hydrogen-bond acceptors (Lipinski definition) is 5. The van der Waals surface area contributed by atoms with E-state index in [9.17, 15) is 0 Å². The van der Waals surface area contributed by atoms with Crippen molar-refractivity contribution >= 4 is 45.3 Å². The van der Waals surface area contributed by atoms with E-state index >= 15 is 0 Å². The summed E-state index contributed by atoms with van der Waals surface area (Å²) in [6, 6.07) is 58.7. The number of anilines is 1. The topological polar surface area (TPSA) is 65.1 Å². The smallest absolute Gasteiger partial charge is 0.119 e. The largest absolute Gasteiger partial charge is 0.375 e. The molecule has 5 N–H and O–H groups in total. The van der Waals surface area contributed by atoms with E-state index in [1.165, 1.54) is 38.9 Å². The molecule has 0 saturated carbocycles. The van der Waals surface area contributed by atoms with Crippen molar-refractivity contribution in [2.75, 3.05) is 18.9 Å². The fourth-order valence-corrected chi connectivity index (χ4v) is 8.87. The van der Waals surface area contributed by atoms with Crippen molar-refractivity contribution in [3.8, 4) is 5.69 Å². The van der Waals surface area contributed by atoms with Crippen LogP contribution in [0.3, 0.4) is 0 Å². The summed E-state index contributed by atoms with van der Waals surface area (Å²) in [5.41, 5.74) is 16.4. The van der Waals surface area contributed by atoms with Crippen LogP contribution in [0.25, 0.3) is 45.3 Å². The lowest BCUT2D eigenvalue weighted by atomic mass is 9.93. The summed E-state index contributed by atoms with van der Waals surface area (Å²) in [5, 5.41) is 20.4. The first-order chi connectivity index (χ1) is 29.2. The van der Waals surface area contributed by atoms with Crippen LogP contribution in [0.15, 0.2) is 182 Å². The molecule has 3 unspecified atom stereocenters. The number of nitrogens with one attached hydrogen (secondary N) is 5. The fourth-order valence-electron chi connectivity index (χ4n) is 8.87. The van der Waals surface area contributed by atoms with Crippen LogP contribution in [0.4, 0.5) is 5.69 Å². The number of aryl methyl sites for hydroxylation is 1. The molecule has 3 heterocycles. The predicted octanol–water partition coefficient (Wildman–Crippen LogP) is 10.4. The average Bonchev–Trinajstić information content (AvgIpc) is 3.65. The molecule has 6 aromatic carbocycles. The maximum Gasteiger partial charge on any atom is 0.119 e. The molecule has 1 aliphatic carbocycles. The number of rotatable bonds is 10. The molecule has 0 fully saturated rings. The summed E-state index contributed by atoms with van der Waals surface area (Å²) >= 11 is 0. The molecule has 0 saturated heterocycles. The molecule has 0 amide bonds. The van der Waals surface area contributed by atoms with Gasteiger partial charge in [-0.2, -0.15) is 0 Å². The zero-order chi connectivity index (χ0) is 39.5. The molecule has 10 rings (SSSR count). The van der Waals surface area contributed by atoms with Gasteiger partial charge in [0.25, 0.3) is 0 Å². The summed E-state index contributed by atoms with van der Waals surface area (Å²) in [4.78, 5) is 0. The van der Waals surface area contributed by atoms with Crippen molar-refractivity contribution in [2.45, 2.75) is 31.1 Å². The quantitative estimate of drug-likeness (QED) is 0.0959. The molecule has 0 radical (unpaired) electrons. The van der Waals surface area contributed by atoms with Crippen molar-refractivity contribution in [2.24, 2.45) is 0 Å². The van der Waals surface area contributed by atoms with Crippen LogP contribution in [-0.2, 0) is 6.42 Å². The van der Waals surface area contributed by atoms with Crippen molar-refractivity contribution in [1.82, 2.24) is 25.8 Å². The van der Waals surface area contributed by atoms with Crippen LogP contribution in [0.1, 0.15) is 51.5 Å². The van der Waals surface area contributed by atoms with Gasteiger partial charge in [0, 0.05) is 34.7 Å². The Morgan fingerprint density at radius 2 is 1.27 bits per heavy atom. The monoisotopic (exact) mass is 768 g/mol. The lowest BCUT2D eigenvalue weighted by molar-refractivity contribution is 0.446. The zero-order valence-corrected chi connectivity index (χ0v) is 33.2. The second-order valence-corrected chi connectivity index (χ2v) is 15.6. The van der Waals surface area contributed by atoms with Crippen molar-refractivity contribution < 1.29 is 0 Å². The minimum absolute atomic E-state index is 0.0509. The van der Waals surface area contributed by atoms with Gasteiger partial charge in [0.1, 0.15) is 6.17 Å². The van der Waals surface area contributed by atoms with Gasteiger partial charge in [-0.15, -0.1) is 0 Å². The summed E-state index contributed by atoms with van der Waals surface area (Å²) < 4.78 is 2.42. The summed E-state index contributed by atoms with van der Waals surface area (Å²) in [6.45, 7) is 0.761. The Labute approximate surface area is 346 Å². The van der Waals surface area contributed by atoms with Crippen LogP contribution in [0.2, 0.25) is 0 Å². The van der Waals surface area contributed by atoms with Gasteiger partial charge in [0.2, 0.25) is 0 Å². The molecular weight excluding hydrogens is 721 g/mol. The van der Waals surface area contributed by atoms with Crippen molar-refractivity contribution in [3.63, 3.8) is 0 Å². The Bertz CT molecular complexity index is 2710. The van der Waals surface area contributed by atoms with Gasteiger partial charge < -0.3 is 31.2 Å². The highest BCUT2D eigenvalue weighted by Gasteiger charge is 2.31. The first kappa shape index (κ1) is 36.3. The standard InChI is InChI=1S/C53H48N6/c1-54-35-48-53(55-42-19-9-4-10-20-42)58-52(40-29-31-43(32-30-40)59-49-23-13-11-21-44(49)45-22-12-14-24-50(45)59)51(57-48)39-27-25-38(26-28-39)47-34-41(36-15-5-2-6-16-36)33-46(56-47)37-17-7-3-8-18-37/h2-11,13-21,23-34,46,48,53-58H,12,22,35H2,1H3. The van der Waals surface area contributed by atoms with Gasteiger partial charge in [-0.3, -0.25) is 0 Å². The Hall–Kier alpha value is -7.02. The summed E-state index contributed by atoms with van der Waals surface area (Å²) in [6.07, 6.45) is 11.3. The molecule has 7 aromatic rings. The normalized spacial score (nSPS) is 18.6. The molecule has 290 valence electrons. The van der Waals surface area contributed by atoms with E-state index in [1.807, 2.05) is 7.05 Å². The van der Waals surface area contributed by atoms with Crippen LogP contribution in [0.5, 0.6) is 0 Å². The number of allylic oxidation sites excluding steroid dienone is 3. The minimum atomic E-state index is -0.0807. The molecule has 3 aliphatic rings. The first-order valence-electron chi connectivity index (χ1n) is 20.7. The SMILES string of the molecule is CNCC1NC(c2ccc(C3=CC(c4ccccc4)=CC(c4ccccc4)N3)cc2)=C(c2ccc(-n3c4c(c5ccccc53)CCC=C4)cc2)NC1Nc1ccccc1. The van der Waals surface area contributed by atoms with E-state index in [0.29, 0.717) is 0 Å². The third-order valence-electron chi connectivity index (χ3n) is 11.8. The molecule has 0 bridgehead atoms. The number of para-hydroxylation sites is 2. The Kier molecular flexibility index (Phi) is 9.90. The predicted molar refractivity (Wildman–Crippen MR) is 246 cm³/mol. The zero-order valence-electron chi connectivity index (χ0n) is 33.2. The lowest BCUT2D eigenvalue weighted by Gasteiger charge is -2.39. The molecule has 6 nitrogen and oxygen atoms in total. The van der Waals surface area contributed by atoms with E-state index in [1.54, 1.807) is 0 Å². The van der Waals surface area contributed by atoms with E-state index in [-0.39, 0.29) is 18.2 Å². The molecule has 6 heteroatoms. The number of hydrogen-bond donors (Lipinski definition) is 5. The van der Waals surface area contributed by atoms with Gasteiger partial charge in [-0.05, 0) is 107 Å². The molecule has 59 heavy (non-hydrogen) atoms. The average molecular weight is 769 g/mol. The van der Waals surface area contributed by atoms with Crippen LogP contribution in [0, 0.1) is 0 Å². The Morgan fingerprint density at radius 3 is 2.02 bits per heavy atom. The van der Waals surface area contributed by atoms with Crippen LogP contribution >= 0.6 is 0 Å². The number of benzene rings is 6. The molecule has 3 atom stereocenters. The van der Waals surface area contributed by atoms with E-state index in [4.69, 9.17) is 0 Å². The van der Waals surface area contributed by atoms with E-state index in [0.717, 1.165) is 64.5 Å². The highest BCUT2D eigenvalue weighted by molar-refractivity contribution is 5.93. The van der Waals surface area contributed by atoms with Gasteiger partial charge >= 0.3 is 0 Å². The summed E-state index contributed by atoms with van der Waals surface area (Å²) in [5.74, 6) is 0. The van der Waals surface area contributed by atoms with Crippen molar-refractivity contribution in [1.29, 1.82) is 0 Å². The third kappa shape index (κ3) is 7.24. The van der Waals surface area contributed by atoms with Gasteiger partial charge in [-0.1, -0.05) is 140 Å². The minimum Gasteiger partial charge on any atom is -0.375 e. The highest BCUT2D eigenvalue weighted by atomic mass is 15.2. The number of nitrogens with zero attached hydrogens (tertiary/aromatic N) is 1. The fraction of sp³-hybridized carbons (Fsp3) is 0.132. The molecule has 2 aliphatic heterocycles. The number of likely N-dealkylation sites (N-methyl/N-ethyl adjacent to an activating group) is 1. The molecule has 0 spiro atoms.